The monoisotopic (exact) mass is 283 g/mol. The molecule has 2 N–H and O–H groups in total. The van der Waals surface area contributed by atoms with Gasteiger partial charge in [0, 0.05) is 27.4 Å². The van der Waals surface area contributed by atoms with E-state index in [1.165, 1.54) is 0 Å². The van der Waals surface area contributed by atoms with E-state index in [2.05, 4.69) is 0 Å². The number of thiophene rings is 1. The fourth-order valence-electron chi connectivity index (χ4n) is 1.78. The van der Waals surface area contributed by atoms with Gasteiger partial charge in [-0.2, -0.15) is 0 Å². The van der Waals surface area contributed by atoms with Gasteiger partial charge < -0.3 is 25.5 Å². The van der Waals surface area contributed by atoms with Crippen LogP contribution in [0.1, 0.15) is 41.9 Å². The minimum absolute atomic E-state index is 0.0400. The molecule has 0 saturated heterocycles. The normalized spacial score (nSPS) is 10.5. The van der Waals surface area contributed by atoms with Gasteiger partial charge in [0.2, 0.25) is 0 Å². The number of hydrogen-bond donors (Lipinski definition) is 1. The highest BCUT2D eigenvalue weighted by Gasteiger charge is 2.06. The molecule has 1 aromatic heterocycles. The first-order valence-electron chi connectivity index (χ1n) is 6.25. The van der Waals surface area contributed by atoms with Crippen molar-refractivity contribution in [3.05, 3.63) is 15.8 Å². The number of carbonyl (C=O) groups is 2. The largest absolute Gasteiger partial charge is 0.550 e. The summed E-state index contributed by atoms with van der Waals surface area (Å²) in [5.74, 6) is -2.06. The molecular weight excluding hydrogens is 266 g/mol. The number of nitrogen functional groups attached to an aromatic ring is 1. The zero-order chi connectivity index (χ0) is 14.3. The molecular formula is C13H17NO4S-2. The van der Waals surface area contributed by atoms with Crippen molar-refractivity contribution in [3.8, 4) is 0 Å². The smallest absolute Gasteiger partial charge is 0.0458 e. The molecule has 0 saturated carbocycles. The second kappa shape index (κ2) is 7.78. The first-order valence-corrected chi connectivity index (χ1v) is 7.07. The topological polar surface area (TPSA) is 106 Å². The lowest BCUT2D eigenvalue weighted by Gasteiger charge is -2.01. The van der Waals surface area contributed by atoms with E-state index in [9.17, 15) is 19.8 Å². The van der Waals surface area contributed by atoms with Crippen molar-refractivity contribution >= 4 is 29.0 Å². The fraction of sp³-hybridized carbons (Fsp3) is 0.538. The average Bonchev–Trinajstić information content (AvgIpc) is 2.65. The summed E-state index contributed by atoms with van der Waals surface area (Å²) in [5, 5.41) is 20.6. The van der Waals surface area contributed by atoms with Crippen LogP contribution < -0.4 is 15.9 Å². The third-order valence-electron chi connectivity index (χ3n) is 2.73. The fourth-order valence-corrected chi connectivity index (χ4v) is 2.95. The minimum atomic E-state index is -1.04. The number of anilines is 1. The number of carboxylic acids is 2. The summed E-state index contributed by atoms with van der Waals surface area (Å²) < 4.78 is 0. The third-order valence-corrected chi connectivity index (χ3v) is 4.00. The summed E-state index contributed by atoms with van der Waals surface area (Å²) in [6, 6.07) is 1.89. The predicted molar refractivity (Wildman–Crippen MR) is 69.2 cm³/mol. The number of hydrogen-bond acceptors (Lipinski definition) is 6. The van der Waals surface area contributed by atoms with Gasteiger partial charge in [0.25, 0.3) is 0 Å². The predicted octanol–water partition coefficient (Wildman–Crippen LogP) is -0.134. The van der Waals surface area contributed by atoms with Crippen molar-refractivity contribution in [3.63, 3.8) is 0 Å². The van der Waals surface area contributed by atoms with Gasteiger partial charge >= 0.3 is 0 Å². The molecule has 0 radical (unpaired) electrons. The highest BCUT2D eigenvalue weighted by Crippen LogP contribution is 2.27. The van der Waals surface area contributed by atoms with Crippen LogP contribution in [0.5, 0.6) is 0 Å². The Kier molecular flexibility index (Phi) is 6.35. The van der Waals surface area contributed by atoms with E-state index in [-0.39, 0.29) is 12.8 Å². The summed E-state index contributed by atoms with van der Waals surface area (Å²) in [6.07, 6.45) is 3.47. The van der Waals surface area contributed by atoms with Crippen molar-refractivity contribution in [1.82, 2.24) is 0 Å². The average molecular weight is 283 g/mol. The van der Waals surface area contributed by atoms with Gasteiger partial charge in [-0.15, -0.1) is 11.3 Å². The van der Waals surface area contributed by atoms with Gasteiger partial charge in [-0.25, -0.2) is 0 Å². The molecule has 1 aromatic rings. The number of carbonyl (C=O) groups excluding carboxylic acids is 2. The number of nitrogens with two attached hydrogens (primary N) is 1. The van der Waals surface area contributed by atoms with Crippen LogP contribution in [0.4, 0.5) is 5.69 Å². The highest BCUT2D eigenvalue weighted by atomic mass is 32.1. The van der Waals surface area contributed by atoms with Crippen molar-refractivity contribution < 1.29 is 19.8 Å². The maximum Gasteiger partial charge on any atom is 0.0458 e. The van der Waals surface area contributed by atoms with Crippen LogP contribution >= 0.6 is 11.3 Å². The molecule has 1 rings (SSSR count). The van der Waals surface area contributed by atoms with Crippen molar-refractivity contribution in [1.29, 1.82) is 0 Å². The van der Waals surface area contributed by atoms with E-state index in [0.717, 1.165) is 22.6 Å². The summed E-state index contributed by atoms with van der Waals surface area (Å²) in [6.45, 7) is 0. The molecule has 106 valence electrons. The molecule has 1 heterocycles. The Morgan fingerprint density at radius 1 is 1.05 bits per heavy atom. The number of aliphatic carboxylic acids is 2. The van der Waals surface area contributed by atoms with Gasteiger partial charge in [-0.05, 0) is 51.0 Å². The molecule has 0 fully saturated rings. The van der Waals surface area contributed by atoms with Crippen LogP contribution in [-0.2, 0) is 22.4 Å². The third kappa shape index (κ3) is 6.24. The first kappa shape index (κ1) is 15.5. The van der Waals surface area contributed by atoms with E-state index in [1.54, 1.807) is 11.3 Å². The molecule has 19 heavy (non-hydrogen) atoms. The van der Waals surface area contributed by atoms with Crippen LogP contribution in [0.2, 0.25) is 0 Å². The van der Waals surface area contributed by atoms with Crippen LogP contribution in [-0.4, -0.2) is 11.9 Å². The molecule has 0 amide bonds. The quantitative estimate of drug-likeness (QED) is 0.635. The zero-order valence-electron chi connectivity index (χ0n) is 10.6. The number of rotatable bonds is 9. The van der Waals surface area contributed by atoms with Crippen molar-refractivity contribution in [2.45, 2.75) is 44.9 Å². The lowest BCUT2D eigenvalue weighted by Crippen LogP contribution is -2.21. The zero-order valence-corrected chi connectivity index (χ0v) is 11.5. The number of unbranched alkanes of at least 4 members (excludes halogenated alkanes) is 1. The van der Waals surface area contributed by atoms with E-state index >= 15 is 0 Å². The molecule has 6 heteroatoms. The van der Waals surface area contributed by atoms with Crippen molar-refractivity contribution in [2.75, 3.05) is 5.73 Å². The van der Waals surface area contributed by atoms with Crippen LogP contribution in [0.15, 0.2) is 6.07 Å². The maximum absolute atomic E-state index is 10.3. The van der Waals surface area contributed by atoms with E-state index < -0.39 is 11.9 Å². The maximum atomic E-state index is 10.3. The van der Waals surface area contributed by atoms with E-state index in [4.69, 9.17) is 5.73 Å². The Hall–Kier alpha value is -1.56. The lowest BCUT2D eigenvalue weighted by atomic mass is 10.1. The van der Waals surface area contributed by atoms with Crippen LogP contribution in [0.3, 0.4) is 0 Å². The molecule has 5 nitrogen and oxygen atoms in total. The Balaban J connectivity index is 2.36. The Bertz CT molecular complexity index is 442. The van der Waals surface area contributed by atoms with Gasteiger partial charge in [0.15, 0.2) is 0 Å². The van der Waals surface area contributed by atoms with Gasteiger partial charge in [0.05, 0.1) is 0 Å². The van der Waals surface area contributed by atoms with Crippen LogP contribution in [0, 0.1) is 0 Å². The Morgan fingerprint density at radius 2 is 1.68 bits per heavy atom. The number of aryl methyl sites for hydroxylation is 2. The summed E-state index contributed by atoms with van der Waals surface area (Å²) in [5.41, 5.74) is 6.55. The second-order valence-corrected chi connectivity index (χ2v) is 5.62. The van der Waals surface area contributed by atoms with Gasteiger partial charge in [-0.3, -0.25) is 0 Å². The Labute approximate surface area is 116 Å². The molecule has 0 spiro atoms. The molecule has 0 unspecified atom stereocenters. The van der Waals surface area contributed by atoms with Gasteiger partial charge in [0.1, 0.15) is 0 Å². The molecule has 0 aliphatic heterocycles. The minimum Gasteiger partial charge on any atom is -0.550 e. The molecule has 0 aliphatic rings. The van der Waals surface area contributed by atoms with E-state index in [1.807, 2.05) is 6.07 Å². The van der Waals surface area contributed by atoms with Gasteiger partial charge in [-0.1, -0.05) is 0 Å². The molecule has 0 aromatic carbocycles. The SMILES string of the molecule is Nc1cc(CCCCC(=O)[O-])sc1CCCC(=O)[O-]. The lowest BCUT2D eigenvalue weighted by molar-refractivity contribution is -0.307. The molecule has 0 bridgehead atoms. The summed E-state index contributed by atoms with van der Waals surface area (Å²) in [7, 11) is 0. The summed E-state index contributed by atoms with van der Waals surface area (Å²) in [4.78, 5) is 22.7. The molecule has 0 aliphatic carbocycles. The standard InChI is InChI=1S/C13H19NO4S/c14-10-8-9(4-1-2-6-12(15)16)19-11(10)5-3-7-13(17)18/h8H,1-7,14H2,(H,15,16)(H,17,18)/p-2. The number of carboxylic acid groups (broad SMARTS) is 2. The first-order chi connectivity index (χ1) is 8.99. The Morgan fingerprint density at radius 3 is 2.32 bits per heavy atom. The van der Waals surface area contributed by atoms with Crippen LogP contribution in [0.25, 0.3) is 0 Å². The second-order valence-electron chi connectivity index (χ2n) is 4.40. The highest BCUT2D eigenvalue weighted by molar-refractivity contribution is 7.12. The van der Waals surface area contributed by atoms with Crippen molar-refractivity contribution in [2.24, 2.45) is 0 Å². The van der Waals surface area contributed by atoms with E-state index in [0.29, 0.717) is 24.9 Å². The molecule has 0 atom stereocenters. The summed E-state index contributed by atoms with van der Waals surface area (Å²) >= 11 is 1.57.